The first-order chi connectivity index (χ1) is 11.8. The maximum absolute atomic E-state index is 12.5. The monoisotopic (exact) mass is 373 g/mol. The molecule has 0 spiro atoms. The lowest BCUT2D eigenvalue weighted by Crippen LogP contribution is -2.24. The van der Waals surface area contributed by atoms with Crippen LogP contribution >= 0.6 is 0 Å². The van der Waals surface area contributed by atoms with Gasteiger partial charge < -0.3 is 9.47 Å². The highest BCUT2D eigenvalue weighted by atomic mass is 32.2. The van der Waals surface area contributed by atoms with Crippen LogP contribution in [0, 0.1) is 0 Å². The molecule has 0 bridgehead atoms. The highest BCUT2D eigenvalue weighted by Gasteiger charge is 2.30. The average Bonchev–Trinajstić information content (AvgIpc) is 2.59. The molecule has 134 valence electrons. The summed E-state index contributed by atoms with van der Waals surface area (Å²) in [5.41, 5.74) is -0.375. The van der Waals surface area contributed by atoms with Crippen LogP contribution in [0.3, 0.4) is 0 Å². The minimum Gasteiger partial charge on any atom is -0.486 e. The van der Waals surface area contributed by atoms with E-state index in [-0.39, 0.29) is 11.4 Å². The van der Waals surface area contributed by atoms with Gasteiger partial charge in [-0.25, -0.2) is 13.1 Å². The summed E-state index contributed by atoms with van der Waals surface area (Å²) in [4.78, 5) is -0.0105. The van der Waals surface area contributed by atoms with Crippen molar-refractivity contribution in [2.75, 3.05) is 13.2 Å². The Labute approximate surface area is 142 Å². The van der Waals surface area contributed by atoms with Gasteiger partial charge in [0.05, 0.1) is 10.5 Å². The Kier molecular flexibility index (Phi) is 4.61. The predicted octanol–water partition coefficient (Wildman–Crippen LogP) is 2.96. The van der Waals surface area contributed by atoms with Crippen molar-refractivity contribution in [2.24, 2.45) is 0 Å². The van der Waals surface area contributed by atoms with E-state index in [1.54, 1.807) is 0 Å². The van der Waals surface area contributed by atoms with E-state index in [0.29, 0.717) is 30.3 Å². The SMILES string of the molecule is O=S(=O)(NCc1ccc(C(F)(F)F)cc1)c1ccc2c(c1)OCCO2. The standard InChI is InChI=1S/C16H14F3NO4S/c17-16(18,19)12-3-1-11(2-4-12)10-20-25(21,22)13-5-6-14-15(9-13)24-8-7-23-14/h1-6,9,20H,7-8,10H2. The number of halogens is 3. The molecule has 0 radical (unpaired) electrons. The molecule has 0 amide bonds. The van der Waals surface area contributed by atoms with Gasteiger partial charge in [0, 0.05) is 12.6 Å². The normalized spacial score (nSPS) is 14.4. The number of sulfonamides is 1. The van der Waals surface area contributed by atoms with Crippen LogP contribution in [-0.4, -0.2) is 21.6 Å². The van der Waals surface area contributed by atoms with Crippen LogP contribution < -0.4 is 14.2 Å². The van der Waals surface area contributed by atoms with Crippen LogP contribution in [0.1, 0.15) is 11.1 Å². The number of alkyl halides is 3. The topological polar surface area (TPSA) is 64.6 Å². The number of ether oxygens (including phenoxy) is 2. The molecule has 5 nitrogen and oxygen atoms in total. The predicted molar refractivity (Wildman–Crippen MR) is 82.9 cm³/mol. The fourth-order valence-corrected chi connectivity index (χ4v) is 3.30. The van der Waals surface area contributed by atoms with Gasteiger partial charge in [-0.15, -0.1) is 0 Å². The molecule has 2 aromatic rings. The van der Waals surface area contributed by atoms with Crippen molar-refractivity contribution in [3.8, 4) is 11.5 Å². The molecule has 9 heteroatoms. The number of fused-ring (bicyclic) bond motifs is 1. The van der Waals surface area contributed by atoms with Crippen molar-refractivity contribution in [3.63, 3.8) is 0 Å². The zero-order valence-electron chi connectivity index (χ0n) is 12.8. The second-order valence-corrected chi connectivity index (χ2v) is 7.09. The molecule has 0 atom stereocenters. The fourth-order valence-electron chi connectivity index (χ4n) is 2.26. The Morgan fingerprint density at radius 1 is 0.960 bits per heavy atom. The summed E-state index contributed by atoms with van der Waals surface area (Å²) in [5.74, 6) is 0.802. The second kappa shape index (κ2) is 6.57. The van der Waals surface area contributed by atoms with Gasteiger partial charge in [-0.05, 0) is 29.8 Å². The van der Waals surface area contributed by atoms with E-state index in [4.69, 9.17) is 9.47 Å². The summed E-state index contributed by atoms with van der Waals surface area (Å²) in [6.45, 7) is 0.593. The van der Waals surface area contributed by atoms with Gasteiger partial charge in [0.25, 0.3) is 0 Å². The molecule has 1 aliphatic heterocycles. The Bertz CT molecular complexity index is 864. The number of benzene rings is 2. The van der Waals surface area contributed by atoms with Crippen LogP contribution in [0.25, 0.3) is 0 Å². The van der Waals surface area contributed by atoms with Crippen molar-refractivity contribution in [3.05, 3.63) is 53.6 Å². The molecular formula is C16H14F3NO4S. The summed E-state index contributed by atoms with van der Waals surface area (Å²) in [7, 11) is -3.84. The first-order valence-electron chi connectivity index (χ1n) is 7.31. The molecule has 0 aromatic heterocycles. The van der Waals surface area contributed by atoms with E-state index in [1.165, 1.54) is 30.3 Å². The summed E-state index contributed by atoms with van der Waals surface area (Å²) in [6.07, 6.45) is -4.43. The third kappa shape index (κ3) is 4.05. The maximum Gasteiger partial charge on any atom is 0.416 e. The lowest BCUT2D eigenvalue weighted by atomic mass is 10.1. The molecule has 1 N–H and O–H groups in total. The van der Waals surface area contributed by atoms with Gasteiger partial charge in [-0.1, -0.05) is 12.1 Å². The second-order valence-electron chi connectivity index (χ2n) is 5.32. The zero-order chi connectivity index (χ0) is 18.1. The quantitative estimate of drug-likeness (QED) is 0.895. The highest BCUT2D eigenvalue weighted by molar-refractivity contribution is 7.89. The molecule has 0 fully saturated rings. The lowest BCUT2D eigenvalue weighted by molar-refractivity contribution is -0.137. The number of hydrogen-bond acceptors (Lipinski definition) is 4. The number of nitrogens with one attached hydrogen (secondary N) is 1. The molecule has 3 rings (SSSR count). The Balaban J connectivity index is 1.71. The minimum atomic E-state index is -4.43. The van der Waals surface area contributed by atoms with E-state index in [9.17, 15) is 21.6 Å². The van der Waals surface area contributed by atoms with E-state index in [0.717, 1.165) is 12.1 Å². The van der Waals surface area contributed by atoms with Crippen LogP contribution in [0.5, 0.6) is 11.5 Å². The molecule has 0 aliphatic carbocycles. The van der Waals surface area contributed by atoms with Gasteiger partial charge in [0.2, 0.25) is 10.0 Å². The summed E-state index contributed by atoms with van der Waals surface area (Å²) < 4.78 is 75.2. The highest BCUT2D eigenvalue weighted by Crippen LogP contribution is 2.32. The number of rotatable bonds is 4. The molecule has 25 heavy (non-hydrogen) atoms. The summed E-state index contributed by atoms with van der Waals surface area (Å²) in [6, 6.07) is 8.51. The number of hydrogen-bond donors (Lipinski definition) is 1. The van der Waals surface area contributed by atoms with E-state index in [1.807, 2.05) is 0 Å². The average molecular weight is 373 g/mol. The van der Waals surface area contributed by atoms with E-state index < -0.39 is 21.8 Å². The third-order valence-corrected chi connectivity index (χ3v) is 4.97. The zero-order valence-corrected chi connectivity index (χ0v) is 13.7. The molecule has 1 aliphatic rings. The Morgan fingerprint density at radius 2 is 1.60 bits per heavy atom. The Hall–Kier alpha value is -2.26. The van der Waals surface area contributed by atoms with Gasteiger partial charge in [0.1, 0.15) is 13.2 Å². The van der Waals surface area contributed by atoms with Crippen LogP contribution in [0.15, 0.2) is 47.4 Å². The summed E-state index contributed by atoms with van der Waals surface area (Å²) >= 11 is 0. The maximum atomic E-state index is 12.5. The molecule has 1 heterocycles. The first kappa shape index (κ1) is 17.6. The minimum absolute atomic E-state index is 0.0105. The van der Waals surface area contributed by atoms with E-state index in [2.05, 4.69) is 4.72 Å². The lowest BCUT2D eigenvalue weighted by Gasteiger charge is -2.19. The molecular weight excluding hydrogens is 359 g/mol. The molecule has 0 unspecified atom stereocenters. The van der Waals surface area contributed by atoms with Crippen LogP contribution in [-0.2, 0) is 22.7 Å². The summed E-state index contributed by atoms with van der Waals surface area (Å²) in [5, 5.41) is 0. The fraction of sp³-hybridized carbons (Fsp3) is 0.250. The Morgan fingerprint density at radius 3 is 2.24 bits per heavy atom. The molecule has 0 saturated heterocycles. The molecule has 0 saturated carbocycles. The molecule has 2 aromatic carbocycles. The third-order valence-electron chi connectivity index (χ3n) is 3.57. The van der Waals surface area contributed by atoms with Gasteiger partial charge in [0.15, 0.2) is 11.5 Å². The van der Waals surface area contributed by atoms with Crippen LogP contribution in [0.2, 0.25) is 0 Å². The van der Waals surface area contributed by atoms with Gasteiger partial charge in [-0.2, -0.15) is 13.2 Å². The van der Waals surface area contributed by atoms with Crippen molar-refractivity contribution in [1.29, 1.82) is 0 Å². The van der Waals surface area contributed by atoms with Gasteiger partial charge in [-0.3, -0.25) is 0 Å². The van der Waals surface area contributed by atoms with Crippen molar-refractivity contribution in [1.82, 2.24) is 4.72 Å². The van der Waals surface area contributed by atoms with Crippen molar-refractivity contribution < 1.29 is 31.1 Å². The van der Waals surface area contributed by atoms with Crippen LogP contribution in [0.4, 0.5) is 13.2 Å². The largest absolute Gasteiger partial charge is 0.486 e. The van der Waals surface area contributed by atoms with Crippen molar-refractivity contribution in [2.45, 2.75) is 17.6 Å². The first-order valence-corrected chi connectivity index (χ1v) is 8.79. The van der Waals surface area contributed by atoms with Crippen molar-refractivity contribution >= 4 is 10.0 Å². The van der Waals surface area contributed by atoms with E-state index >= 15 is 0 Å². The van der Waals surface area contributed by atoms with Gasteiger partial charge >= 0.3 is 6.18 Å². The smallest absolute Gasteiger partial charge is 0.416 e.